The number of imide groups is 1. The summed E-state index contributed by atoms with van der Waals surface area (Å²) in [5.41, 5.74) is -2.91. The molecule has 0 heterocycles. The maximum Gasteiger partial charge on any atom is 0.239 e. The molecule has 31 heavy (non-hydrogen) atoms. The molecule has 2 amide bonds. The molecule has 0 saturated heterocycles. The van der Waals surface area contributed by atoms with E-state index in [2.05, 4.69) is 0 Å². The van der Waals surface area contributed by atoms with Crippen LogP contribution in [0.1, 0.15) is 81.6 Å². The maximum absolute atomic E-state index is 14.9. The second-order valence-electron chi connectivity index (χ2n) is 9.78. The summed E-state index contributed by atoms with van der Waals surface area (Å²) in [6.07, 6.45) is 1.40. The molecule has 4 nitrogen and oxygen atoms in total. The molecule has 0 aliphatic carbocycles. The molecule has 0 saturated carbocycles. The number of nitrogens with zero attached hydrogens (tertiary/aromatic N) is 1. The molecule has 0 N–H and O–H groups in total. The number of hydrogen-bond acceptors (Lipinski definition) is 4. The first-order valence-electron chi connectivity index (χ1n) is 10.7. The standard InChI is InChI=1S/C24H35F2NO3S/c1-10-22(4,5)19(28)27(20(29)23(6,7)11-2)17-14-18(16(26)13-15(17)25)31-21(30)24(8,9)12-3/h13-14H,10-12H2,1-9H3. The second-order valence-corrected chi connectivity index (χ2v) is 10.8. The van der Waals surface area contributed by atoms with Crippen LogP contribution in [0.5, 0.6) is 0 Å². The molecule has 0 unspecified atom stereocenters. The SMILES string of the molecule is CCC(C)(C)C(=O)Sc1cc(N(C(=O)C(C)(C)CC)C(=O)C(C)(C)CC)c(F)cc1F. The molecular weight excluding hydrogens is 420 g/mol. The summed E-state index contributed by atoms with van der Waals surface area (Å²) >= 11 is 0.662. The van der Waals surface area contributed by atoms with Crippen LogP contribution in [0, 0.1) is 27.9 Å². The van der Waals surface area contributed by atoms with E-state index in [1.54, 1.807) is 55.4 Å². The number of amides is 2. The second kappa shape index (κ2) is 9.80. The highest BCUT2D eigenvalue weighted by Gasteiger charge is 2.41. The first-order valence-corrected chi connectivity index (χ1v) is 11.5. The van der Waals surface area contributed by atoms with Gasteiger partial charge >= 0.3 is 0 Å². The minimum atomic E-state index is -1.02. The van der Waals surface area contributed by atoms with E-state index in [0.29, 0.717) is 37.1 Å². The van der Waals surface area contributed by atoms with Crippen LogP contribution in [0.2, 0.25) is 0 Å². The Hall–Kier alpha value is -1.76. The topological polar surface area (TPSA) is 54.5 Å². The van der Waals surface area contributed by atoms with Gasteiger partial charge in [-0.25, -0.2) is 13.7 Å². The summed E-state index contributed by atoms with van der Waals surface area (Å²) in [5.74, 6) is -3.06. The fourth-order valence-corrected chi connectivity index (χ4v) is 3.32. The van der Waals surface area contributed by atoms with E-state index in [-0.39, 0.29) is 15.7 Å². The van der Waals surface area contributed by atoms with Crippen molar-refractivity contribution in [1.29, 1.82) is 0 Å². The Morgan fingerprint density at radius 2 is 1.19 bits per heavy atom. The quantitative estimate of drug-likeness (QED) is 0.407. The summed E-state index contributed by atoms with van der Waals surface area (Å²) in [6.45, 7) is 15.7. The van der Waals surface area contributed by atoms with E-state index >= 15 is 0 Å². The van der Waals surface area contributed by atoms with Crippen LogP contribution in [0.25, 0.3) is 0 Å². The minimum Gasteiger partial charge on any atom is -0.286 e. The van der Waals surface area contributed by atoms with E-state index in [0.717, 1.165) is 11.0 Å². The Bertz CT molecular complexity index is 835. The van der Waals surface area contributed by atoms with Crippen LogP contribution in [0.4, 0.5) is 14.5 Å². The largest absolute Gasteiger partial charge is 0.286 e. The van der Waals surface area contributed by atoms with Gasteiger partial charge in [0.25, 0.3) is 0 Å². The third-order valence-corrected chi connectivity index (χ3v) is 7.48. The lowest BCUT2D eigenvalue weighted by atomic mass is 9.84. The van der Waals surface area contributed by atoms with Crippen LogP contribution < -0.4 is 4.90 Å². The number of carbonyl (C=O) groups is 3. The number of benzene rings is 1. The van der Waals surface area contributed by atoms with Crippen LogP contribution >= 0.6 is 11.8 Å². The number of carbonyl (C=O) groups excluding carboxylic acids is 3. The number of rotatable bonds is 8. The zero-order valence-electron chi connectivity index (χ0n) is 20.1. The molecule has 0 spiro atoms. The van der Waals surface area contributed by atoms with Gasteiger partial charge in [-0.05, 0) is 37.1 Å². The Labute approximate surface area is 189 Å². The summed E-state index contributed by atoms with van der Waals surface area (Å²) in [6, 6.07) is 1.74. The summed E-state index contributed by atoms with van der Waals surface area (Å²) in [7, 11) is 0. The van der Waals surface area contributed by atoms with Crippen LogP contribution in [0.15, 0.2) is 17.0 Å². The first-order chi connectivity index (χ1) is 14.1. The fraction of sp³-hybridized carbons (Fsp3) is 0.625. The van der Waals surface area contributed by atoms with Crippen molar-refractivity contribution >= 4 is 34.4 Å². The molecule has 174 valence electrons. The highest BCUT2D eigenvalue weighted by Crippen LogP contribution is 2.39. The van der Waals surface area contributed by atoms with Gasteiger partial charge in [0.15, 0.2) is 5.12 Å². The molecule has 0 aliphatic heterocycles. The van der Waals surface area contributed by atoms with E-state index in [1.807, 2.05) is 6.92 Å². The third-order valence-electron chi connectivity index (χ3n) is 6.21. The number of halogens is 2. The normalized spacial score (nSPS) is 12.6. The van der Waals surface area contributed by atoms with Crippen molar-refractivity contribution in [1.82, 2.24) is 0 Å². The molecule has 0 fully saturated rings. The molecule has 1 rings (SSSR count). The van der Waals surface area contributed by atoms with Crippen molar-refractivity contribution in [3.8, 4) is 0 Å². The Morgan fingerprint density at radius 1 is 0.774 bits per heavy atom. The van der Waals surface area contributed by atoms with Crippen molar-refractivity contribution in [3.05, 3.63) is 23.8 Å². The van der Waals surface area contributed by atoms with E-state index in [9.17, 15) is 23.2 Å². The van der Waals surface area contributed by atoms with Gasteiger partial charge in [0, 0.05) is 22.3 Å². The van der Waals surface area contributed by atoms with Crippen LogP contribution in [0.3, 0.4) is 0 Å². The summed E-state index contributed by atoms with van der Waals surface area (Å²) in [5, 5.41) is -0.279. The predicted molar refractivity (Wildman–Crippen MR) is 122 cm³/mol. The predicted octanol–water partition coefficient (Wildman–Crippen LogP) is 6.75. The Kier molecular flexibility index (Phi) is 8.62. The molecule has 0 aliphatic rings. The van der Waals surface area contributed by atoms with Crippen molar-refractivity contribution in [2.75, 3.05) is 4.90 Å². The molecule has 0 bridgehead atoms. The Morgan fingerprint density at radius 3 is 1.58 bits per heavy atom. The average molecular weight is 456 g/mol. The van der Waals surface area contributed by atoms with Crippen LogP contribution in [-0.2, 0) is 14.4 Å². The smallest absolute Gasteiger partial charge is 0.239 e. The highest BCUT2D eigenvalue weighted by atomic mass is 32.2. The highest BCUT2D eigenvalue weighted by molar-refractivity contribution is 8.13. The van der Waals surface area contributed by atoms with Gasteiger partial charge in [0.05, 0.1) is 10.6 Å². The molecule has 1 aromatic rings. The van der Waals surface area contributed by atoms with Gasteiger partial charge in [-0.15, -0.1) is 0 Å². The number of thioether (sulfide) groups is 1. The van der Waals surface area contributed by atoms with Crippen molar-refractivity contribution in [2.45, 2.75) is 86.5 Å². The maximum atomic E-state index is 14.9. The molecule has 0 atom stereocenters. The van der Waals surface area contributed by atoms with Crippen LogP contribution in [-0.4, -0.2) is 16.9 Å². The number of hydrogen-bond donors (Lipinski definition) is 0. The molecule has 7 heteroatoms. The third kappa shape index (κ3) is 5.93. The van der Waals surface area contributed by atoms with Gasteiger partial charge < -0.3 is 0 Å². The van der Waals surface area contributed by atoms with E-state index in [1.165, 1.54) is 0 Å². The van der Waals surface area contributed by atoms with Gasteiger partial charge in [-0.1, -0.05) is 62.3 Å². The lowest BCUT2D eigenvalue weighted by molar-refractivity contribution is -0.135. The van der Waals surface area contributed by atoms with Gasteiger partial charge in [0.1, 0.15) is 11.6 Å². The molecule has 1 aromatic carbocycles. The number of anilines is 1. The lowest BCUT2D eigenvalue weighted by Crippen LogP contribution is -2.50. The lowest BCUT2D eigenvalue weighted by Gasteiger charge is -2.35. The van der Waals surface area contributed by atoms with Gasteiger partial charge in [-0.2, -0.15) is 0 Å². The van der Waals surface area contributed by atoms with Crippen molar-refractivity contribution in [3.63, 3.8) is 0 Å². The van der Waals surface area contributed by atoms with Crippen molar-refractivity contribution in [2.24, 2.45) is 16.2 Å². The summed E-state index contributed by atoms with van der Waals surface area (Å²) < 4.78 is 29.5. The van der Waals surface area contributed by atoms with Gasteiger partial charge in [0.2, 0.25) is 11.8 Å². The van der Waals surface area contributed by atoms with Crippen molar-refractivity contribution < 1.29 is 23.2 Å². The molecule has 0 aromatic heterocycles. The zero-order chi connectivity index (χ0) is 24.4. The van der Waals surface area contributed by atoms with Gasteiger partial charge in [-0.3, -0.25) is 14.4 Å². The monoisotopic (exact) mass is 455 g/mol. The zero-order valence-corrected chi connectivity index (χ0v) is 20.9. The fourth-order valence-electron chi connectivity index (χ4n) is 2.37. The molecular formula is C24H35F2NO3S. The first kappa shape index (κ1) is 27.3. The Balaban J connectivity index is 3.67. The average Bonchev–Trinajstić information content (AvgIpc) is 2.70. The van der Waals surface area contributed by atoms with E-state index < -0.39 is 39.7 Å². The summed E-state index contributed by atoms with van der Waals surface area (Å²) in [4.78, 5) is 40.0. The minimum absolute atomic E-state index is 0.114. The van der Waals surface area contributed by atoms with E-state index in [4.69, 9.17) is 0 Å². The molecule has 0 radical (unpaired) electrons.